The van der Waals surface area contributed by atoms with E-state index in [0.29, 0.717) is 4.47 Å². The van der Waals surface area contributed by atoms with Crippen LogP contribution in [0.25, 0.3) is 0 Å². The molecule has 0 spiro atoms. The number of nitrogens with zero attached hydrogens (tertiary/aromatic N) is 1. The van der Waals surface area contributed by atoms with Crippen LogP contribution in [0.5, 0.6) is 0 Å². The van der Waals surface area contributed by atoms with Gasteiger partial charge in [-0.2, -0.15) is 0 Å². The number of hydrogen-bond acceptors (Lipinski definition) is 5. The summed E-state index contributed by atoms with van der Waals surface area (Å²) in [4.78, 5) is 21.6. The summed E-state index contributed by atoms with van der Waals surface area (Å²) in [5.74, 6) is -0.798. The van der Waals surface area contributed by atoms with E-state index >= 15 is 0 Å². The van der Waals surface area contributed by atoms with Gasteiger partial charge in [-0.3, -0.25) is 10.1 Å². The maximum Gasteiger partial charge on any atom is 0.347 e. The van der Waals surface area contributed by atoms with E-state index in [4.69, 9.17) is 10.5 Å². The Labute approximate surface area is 99.7 Å². The summed E-state index contributed by atoms with van der Waals surface area (Å²) in [6.45, 7) is 1.74. The Bertz CT molecular complexity index is 447. The predicted octanol–water partition coefficient (Wildman–Crippen LogP) is 2.12. The number of anilines is 1. The smallest absolute Gasteiger partial charge is 0.347 e. The van der Waals surface area contributed by atoms with Crippen LogP contribution in [0, 0.1) is 10.1 Å². The van der Waals surface area contributed by atoms with Gasteiger partial charge in [-0.15, -0.1) is 0 Å². The predicted molar refractivity (Wildman–Crippen MR) is 61.2 cm³/mol. The number of ether oxygens (including phenoxy) is 1. The number of carbonyl (C=O) groups excluding carboxylic acids is 1. The summed E-state index contributed by atoms with van der Waals surface area (Å²) in [7, 11) is 0. The summed E-state index contributed by atoms with van der Waals surface area (Å²) in [5, 5.41) is 10.7. The lowest BCUT2D eigenvalue weighted by atomic mass is 10.1. The first-order valence-corrected chi connectivity index (χ1v) is 5.17. The Balaban J connectivity index is 3.37. The number of nitrogen functional groups attached to an aromatic ring is 1. The van der Waals surface area contributed by atoms with E-state index in [1.54, 1.807) is 6.92 Å². The van der Waals surface area contributed by atoms with Gasteiger partial charge < -0.3 is 10.5 Å². The van der Waals surface area contributed by atoms with Crippen molar-refractivity contribution in [3.05, 3.63) is 32.3 Å². The molecule has 0 saturated carbocycles. The number of hydrogen-bond donors (Lipinski definition) is 1. The highest BCUT2D eigenvalue weighted by molar-refractivity contribution is 9.10. The molecule has 0 aliphatic heterocycles. The van der Waals surface area contributed by atoms with Gasteiger partial charge in [-0.1, -0.05) is 0 Å². The zero-order chi connectivity index (χ0) is 12.3. The molecular weight excluding hydrogens is 280 g/mol. The molecule has 1 aromatic carbocycles. The van der Waals surface area contributed by atoms with Crippen molar-refractivity contribution >= 4 is 33.3 Å². The lowest BCUT2D eigenvalue weighted by molar-refractivity contribution is -0.385. The molecule has 1 rings (SSSR count). The zero-order valence-electron chi connectivity index (χ0n) is 8.40. The number of halogens is 1. The normalized spacial score (nSPS) is 9.88. The number of rotatable bonds is 3. The van der Waals surface area contributed by atoms with E-state index in [2.05, 4.69) is 15.9 Å². The van der Waals surface area contributed by atoms with Crippen LogP contribution in [0.2, 0.25) is 0 Å². The van der Waals surface area contributed by atoms with Gasteiger partial charge in [0.15, 0.2) is 5.56 Å². The summed E-state index contributed by atoms with van der Waals surface area (Å²) in [6, 6.07) is 2.61. The van der Waals surface area contributed by atoms with Crippen molar-refractivity contribution in [3.8, 4) is 0 Å². The molecule has 0 amide bonds. The highest BCUT2D eigenvalue weighted by Crippen LogP contribution is 2.31. The number of benzene rings is 1. The van der Waals surface area contributed by atoms with Crippen LogP contribution in [-0.4, -0.2) is 17.5 Å². The van der Waals surface area contributed by atoms with E-state index in [-0.39, 0.29) is 23.5 Å². The minimum absolute atomic E-state index is 0.00708. The first-order chi connectivity index (χ1) is 7.49. The van der Waals surface area contributed by atoms with Gasteiger partial charge in [0.25, 0.3) is 5.69 Å². The van der Waals surface area contributed by atoms with E-state index in [0.717, 1.165) is 0 Å². The summed E-state index contributed by atoms with van der Waals surface area (Å²) < 4.78 is 5.13. The number of nitro groups is 1. The molecule has 1 aromatic rings. The first kappa shape index (κ1) is 12.4. The molecule has 0 unspecified atom stereocenters. The van der Waals surface area contributed by atoms with E-state index in [9.17, 15) is 14.9 Å². The summed E-state index contributed by atoms with van der Waals surface area (Å²) in [5.41, 5.74) is 5.02. The molecule has 0 bridgehead atoms. The highest BCUT2D eigenvalue weighted by atomic mass is 79.9. The second-order valence-corrected chi connectivity index (χ2v) is 3.69. The number of esters is 1. The highest BCUT2D eigenvalue weighted by Gasteiger charge is 2.25. The van der Waals surface area contributed by atoms with Crippen LogP contribution in [0.1, 0.15) is 17.3 Å². The third-order valence-electron chi connectivity index (χ3n) is 1.85. The van der Waals surface area contributed by atoms with Gasteiger partial charge in [-0.05, 0) is 28.9 Å². The number of carbonyl (C=O) groups is 1. The molecule has 7 heteroatoms. The fourth-order valence-electron chi connectivity index (χ4n) is 1.15. The van der Waals surface area contributed by atoms with Gasteiger partial charge in [-0.25, -0.2) is 4.79 Å². The minimum Gasteiger partial charge on any atom is -0.462 e. The molecule has 86 valence electrons. The third kappa shape index (κ3) is 2.30. The Hall–Kier alpha value is -1.63. The fraction of sp³-hybridized carbons (Fsp3) is 0.222. The maximum atomic E-state index is 11.5. The van der Waals surface area contributed by atoms with Crippen LogP contribution in [-0.2, 0) is 4.74 Å². The van der Waals surface area contributed by atoms with Gasteiger partial charge >= 0.3 is 5.97 Å². The monoisotopic (exact) mass is 288 g/mol. The second kappa shape index (κ2) is 4.93. The molecular formula is C9H9BrN2O4. The lowest BCUT2D eigenvalue weighted by Gasteiger charge is -2.07. The molecule has 0 atom stereocenters. The third-order valence-corrected chi connectivity index (χ3v) is 2.54. The average Bonchev–Trinajstić information content (AvgIpc) is 2.21. The molecule has 2 N–H and O–H groups in total. The Morgan fingerprint density at radius 2 is 2.25 bits per heavy atom. The average molecular weight is 289 g/mol. The van der Waals surface area contributed by atoms with Crippen molar-refractivity contribution < 1.29 is 14.5 Å². The fourth-order valence-corrected chi connectivity index (χ4v) is 1.48. The largest absolute Gasteiger partial charge is 0.462 e. The molecule has 0 fully saturated rings. The molecule has 6 nitrogen and oxygen atoms in total. The van der Waals surface area contributed by atoms with Crippen molar-refractivity contribution in [2.24, 2.45) is 0 Å². The SMILES string of the molecule is CCOC(=O)c1c([N+](=O)[O-])ccc(Br)c1N. The Morgan fingerprint density at radius 1 is 1.62 bits per heavy atom. The van der Waals surface area contributed by atoms with Crippen LogP contribution < -0.4 is 5.73 Å². The van der Waals surface area contributed by atoms with Crippen molar-refractivity contribution in [3.63, 3.8) is 0 Å². The van der Waals surface area contributed by atoms with E-state index < -0.39 is 10.9 Å². The topological polar surface area (TPSA) is 95.5 Å². The van der Waals surface area contributed by atoms with Crippen molar-refractivity contribution in [2.45, 2.75) is 6.92 Å². The van der Waals surface area contributed by atoms with Gasteiger partial charge in [0, 0.05) is 10.5 Å². The number of nitro benzene ring substituents is 1. The van der Waals surface area contributed by atoms with Gasteiger partial charge in [0.2, 0.25) is 0 Å². The number of nitrogens with two attached hydrogens (primary N) is 1. The molecule has 16 heavy (non-hydrogen) atoms. The molecule has 0 radical (unpaired) electrons. The van der Waals surface area contributed by atoms with Crippen molar-refractivity contribution in [1.82, 2.24) is 0 Å². The Kier molecular flexibility index (Phi) is 3.83. The molecule has 0 heterocycles. The van der Waals surface area contributed by atoms with Gasteiger partial charge in [0.1, 0.15) is 0 Å². The minimum atomic E-state index is -0.798. The maximum absolute atomic E-state index is 11.5. The zero-order valence-corrected chi connectivity index (χ0v) is 9.98. The Morgan fingerprint density at radius 3 is 2.75 bits per heavy atom. The molecule has 0 aliphatic rings. The quantitative estimate of drug-likeness (QED) is 0.398. The summed E-state index contributed by atoms with van der Waals surface area (Å²) in [6.07, 6.45) is 0. The van der Waals surface area contributed by atoms with Crippen LogP contribution in [0.15, 0.2) is 16.6 Å². The molecule has 0 aromatic heterocycles. The second-order valence-electron chi connectivity index (χ2n) is 2.83. The summed E-state index contributed by atoms with van der Waals surface area (Å²) >= 11 is 3.09. The van der Waals surface area contributed by atoms with E-state index in [1.807, 2.05) is 0 Å². The van der Waals surface area contributed by atoms with Crippen LogP contribution in [0.4, 0.5) is 11.4 Å². The molecule has 0 aliphatic carbocycles. The van der Waals surface area contributed by atoms with Gasteiger partial charge in [0.05, 0.1) is 17.2 Å². The molecule has 0 saturated heterocycles. The standard InChI is InChI=1S/C9H9BrN2O4/c1-2-16-9(13)7-6(12(14)15)4-3-5(10)8(7)11/h3-4H,2,11H2,1H3. The van der Waals surface area contributed by atoms with Crippen LogP contribution >= 0.6 is 15.9 Å². The lowest BCUT2D eigenvalue weighted by Crippen LogP contribution is -2.11. The van der Waals surface area contributed by atoms with Crippen molar-refractivity contribution in [2.75, 3.05) is 12.3 Å². The first-order valence-electron chi connectivity index (χ1n) is 4.38. The van der Waals surface area contributed by atoms with Crippen molar-refractivity contribution in [1.29, 1.82) is 0 Å². The van der Waals surface area contributed by atoms with E-state index in [1.165, 1.54) is 12.1 Å². The van der Waals surface area contributed by atoms with Crippen LogP contribution in [0.3, 0.4) is 0 Å².